The number of anilines is 2. The lowest BCUT2D eigenvalue weighted by atomic mass is 9.98. The molecule has 2 aliphatic heterocycles. The van der Waals surface area contributed by atoms with E-state index >= 15 is 0 Å². The summed E-state index contributed by atoms with van der Waals surface area (Å²) in [6.07, 6.45) is 5.91. The first-order chi connectivity index (χ1) is 16.7. The number of amides is 1. The van der Waals surface area contributed by atoms with Crippen LogP contribution < -0.4 is 9.80 Å². The topological polar surface area (TPSA) is 26.8 Å². The van der Waals surface area contributed by atoms with Crippen molar-refractivity contribution >= 4 is 23.4 Å². The Balaban J connectivity index is 1.18. The zero-order chi connectivity index (χ0) is 23.3. The van der Waals surface area contributed by atoms with Crippen LogP contribution in [-0.2, 0) is 17.8 Å². The minimum Gasteiger partial charge on any atom is -0.369 e. The molecule has 0 unspecified atom stereocenters. The quantitative estimate of drug-likeness (QED) is 0.508. The van der Waals surface area contributed by atoms with Gasteiger partial charge in [-0.05, 0) is 59.9 Å². The summed E-state index contributed by atoms with van der Waals surface area (Å²) in [6, 6.07) is 25.6. The number of fused-ring (bicyclic) bond motifs is 1. The highest BCUT2D eigenvalue weighted by molar-refractivity contribution is 5.96. The van der Waals surface area contributed by atoms with Gasteiger partial charge in [-0.15, -0.1) is 0 Å². The second-order valence-corrected chi connectivity index (χ2v) is 9.38. The molecule has 0 spiro atoms. The molecule has 174 valence electrons. The first-order valence-electron chi connectivity index (χ1n) is 12.3. The molecule has 1 amide bonds. The lowest BCUT2D eigenvalue weighted by Gasteiger charge is -2.35. The number of piperazine rings is 1. The number of hydrogen-bond acceptors (Lipinski definition) is 3. The van der Waals surface area contributed by atoms with Crippen LogP contribution in [0.15, 0.2) is 78.9 Å². The molecule has 34 heavy (non-hydrogen) atoms. The summed E-state index contributed by atoms with van der Waals surface area (Å²) >= 11 is 0. The number of nitrogens with zero attached hydrogens (tertiary/aromatic N) is 3. The molecule has 1 fully saturated rings. The van der Waals surface area contributed by atoms with E-state index in [0.717, 1.165) is 50.4 Å². The van der Waals surface area contributed by atoms with Gasteiger partial charge in [0.2, 0.25) is 5.91 Å². The van der Waals surface area contributed by atoms with E-state index in [-0.39, 0.29) is 5.91 Å². The van der Waals surface area contributed by atoms with Crippen molar-refractivity contribution in [3.63, 3.8) is 0 Å². The van der Waals surface area contributed by atoms with E-state index in [0.29, 0.717) is 13.0 Å². The Bertz CT molecular complexity index is 1160. The third-order valence-electron chi connectivity index (χ3n) is 6.90. The van der Waals surface area contributed by atoms with Gasteiger partial charge in [-0.1, -0.05) is 60.7 Å². The Hall–Kier alpha value is -3.37. The molecule has 2 aliphatic rings. The average Bonchev–Trinajstić information content (AvgIpc) is 2.87. The molecule has 0 aromatic heterocycles. The molecular formula is C30H33N3O. The SMILES string of the molecule is Cc1cccc(N2CCN(C/C=C/c3ccc4c(c3)CCC(=O)N4Cc3ccccc3)CC2)c1. The van der Waals surface area contributed by atoms with Gasteiger partial charge < -0.3 is 9.80 Å². The van der Waals surface area contributed by atoms with Crippen LogP contribution in [0.25, 0.3) is 6.08 Å². The van der Waals surface area contributed by atoms with E-state index in [2.05, 4.69) is 83.5 Å². The van der Waals surface area contributed by atoms with E-state index in [9.17, 15) is 4.79 Å². The minimum atomic E-state index is 0.212. The Kier molecular flexibility index (Phi) is 6.77. The van der Waals surface area contributed by atoms with Crippen LogP contribution in [-0.4, -0.2) is 43.5 Å². The molecule has 5 rings (SSSR count). The molecular weight excluding hydrogens is 418 g/mol. The van der Waals surface area contributed by atoms with Gasteiger partial charge in [-0.2, -0.15) is 0 Å². The van der Waals surface area contributed by atoms with Crippen LogP contribution in [0.1, 0.15) is 28.7 Å². The van der Waals surface area contributed by atoms with E-state index in [1.807, 2.05) is 23.1 Å². The first kappa shape index (κ1) is 22.4. The monoisotopic (exact) mass is 451 g/mol. The molecule has 0 saturated carbocycles. The average molecular weight is 452 g/mol. The normalized spacial score (nSPS) is 16.8. The van der Waals surface area contributed by atoms with Gasteiger partial charge in [0.15, 0.2) is 0 Å². The van der Waals surface area contributed by atoms with Crippen LogP contribution >= 0.6 is 0 Å². The van der Waals surface area contributed by atoms with Crippen LogP contribution in [0.4, 0.5) is 11.4 Å². The second-order valence-electron chi connectivity index (χ2n) is 9.38. The smallest absolute Gasteiger partial charge is 0.227 e. The maximum atomic E-state index is 12.6. The number of carbonyl (C=O) groups excluding carboxylic acids is 1. The number of rotatable bonds is 6. The molecule has 4 nitrogen and oxygen atoms in total. The lowest BCUT2D eigenvalue weighted by Crippen LogP contribution is -2.46. The summed E-state index contributed by atoms with van der Waals surface area (Å²) in [5.41, 5.74) is 7.36. The molecule has 0 atom stereocenters. The Morgan fingerprint density at radius 1 is 0.853 bits per heavy atom. The molecule has 3 aromatic rings. The minimum absolute atomic E-state index is 0.212. The van der Waals surface area contributed by atoms with Crippen molar-refractivity contribution in [2.24, 2.45) is 0 Å². The summed E-state index contributed by atoms with van der Waals surface area (Å²) in [4.78, 5) is 19.6. The number of benzene rings is 3. The predicted molar refractivity (Wildman–Crippen MR) is 141 cm³/mol. The van der Waals surface area contributed by atoms with Gasteiger partial charge in [-0.25, -0.2) is 0 Å². The van der Waals surface area contributed by atoms with Gasteiger partial charge in [0.1, 0.15) is 0 Å². The third-order valence-corrected chi connectivity index (χ3v) is 6.90. The molecule has 0 radical (unpaired) electrons. The largest absolute Gasteiger partial charge is 0.369 e. The summed E-state index contributed by atoms with van der Waals surface area (Å²) < 4.78 is 0. The zero-order valence-electron chi connectivity index (χ0n) is 20.0. The molecule has 2 heterocycles. The summed E-state index contributed by atoms with van der Waals surface area (Å²) in [6.45, 7) is 8.07. The maximum absolute atomic E-state index is 12.6. The third kappa shape index (κ3) is 5.23. The first-order valence-corrected chi connectivity index (χ1v) is 12.3. The fourth-order valence-corrected chi connectivity index (χ4v) is 4.97. The molecule has 1 saturated heterocycles. The van der Waals surface area contributed by atoms with Crippen molar-refractivity contribution in [1.82, 2.24) is 4.90 Å². The predicted octanol–water partition coefficient (Wildman–Crippen LogP) is 5.31. The summed E-state index contributed by atoms with van der Waals surface area (Å²) in [5.74, 6) is 0.212. The number of carbonyl (C=O) groups is 1. The highest BCUT2D eigenvalue weighted by atomic mass is 16.2. The molecule has 4 heteroatoms. The molecule has 0 N–H and O–H groups in total. The Labute approximate surface area is 203 Å². The van der Waals surface area contributed by atoms with Gasteiger partial charge in [0.25, 0.3) is 0 Å². The highest BCUT2D eigenvalue weighted by Gasteiger charge is 2.24. The van der Waals surface area contributed by atoms with Crippen molar-refractivity contribution in [3.8, 4) is 0 Å². The van der Waals surface area contributed by atoms with Crippen LogP contribution in [0, 0.1) is 6.92 Å². The van der Waals surface area contributed by atoms with Crippen molar-refractivity contribution < 1.29 is 4.79 Å². The fraction of sp³-hybridized carbons (Fsp3) is 0.300. The number of aryl methyl sites for hydroxylation is 2. The van der Waals surface area contributed by atoms with Crippen molar-refractivity contribution in [2.45, 2.75) is 26.3 Å². The standard InChI is InChI=1S/C30H33N3O/c1-24-7-5-11-28(21-24)32-19-17-31(18-20-32)16-6-10-25-12-14-29-27(22-25)13-15-30(34)33(29)23-26-8-3-2-4-9-26/h2-12,14,21-22H,13,15-20,23H2,1H3/b10-6+. The molecule has 3 aromatic carbocycles. The van der Waals surface area contributed by atoms with E-state index in [1.165, 1.54) is 22.4 Å². The van der Waals surface area contributed by atoms with Crippen molar-refractivity contribution in [2.75, 3.05) is 42.5 Å². The summed E-state index contributed by atoms with van der Waals surface area (Å²) in [7, 11) is 0. The van der Waals surface area contributed by atoms with E-state index in [4.69, 9.17) is 0 Å². The van der Waals surface area contributed by atoms with Crippen LogP contribution in [0.5, 0.6) is 0 Å². The maximum Gasteiger partial charge on any atom is 0.227 e. The highest BCUT2D eigenvalue weighted by Crippen LogP contribution is 2.30. The molecule has 0 bridgehead atoms. The number of hydrogen-bond donors (Lipinski definition) is 0. The Morgan fingerprint density at radius 3 is 2.47 bits per heavy atom. The fourth-order valence-electron chi connectivity index (χ4n) is 4.97. The lowest BCUT2D eigenvalue weighted by molar-refractivity contribution is -0.119. The van der Waals surface area contributed by atoms with E-state index in [1.54, 1.807) is 0 Å². The van der Waals surface area contributed by atoms with E-state index < -0.39 is 0 Å². The summed E-state index contributed by atoms with van der Waals surface area (Å²) in [5, 5.41) is 0. The molecule has 0 aliphatic carbocycles. The second kappa shape index (κ2) is 10.3. The Morgan fingerprint density at radius 2 is 1.68 bits per heavy atom. The van der Waals surface area contributed by atoms with Gasteiger partial charge in [-0.3, -0.25) is 9.69 Å². The van der Waals surface area contributed by atoms with Crippen molar-refractivity contribution in [3.05, 3.63) is 101 Å². The van der Waals surface area contributed by atoms with Gasteiger partial charge >= 0.3 is 0 Å². The van der Waals surface area contributed by atoms with Gasteiger partial charge in [0, 0.05) is 50.5 Å². The van der Waals surface area contributed by atoms with Crippen molar-refractivity contribution in [1.29, 1.82) is 0 Å². The van der Waals surface area contributed by atoms with Crippen LogP contribution in [0.2, 0.25) is 0 Å². The van der Waals surface area contributed by atoms with Gasteiger partial charge in [0.05, 0.1) is 6.54 Å². The zero-order valence-corrected chi connectivity index (χ0v) is 20.0. The van der Waals surface area contributed by atoms with Crippen LogP contribution in [0.3, 0.4) is 0 Å².